The number of amides is 1. The summed E-state index contributed by atoms with van der Waals surface area (Å²) in [6.07, 6.45) is 2.71. The molecule has 0 atom stereocenters. The third-order valence-corrected chi connectivity index (χ3v) is 0.453. The highest BCUT2D eigenvalue weighted by atomic mass is 16.1. The van der Waals surface area contributed by atoms with E-state index in [9.17, 15) is 4.79 Å². The van der Waals surface area contributed by atoms with E-state index in [1.807, 2.05) is 0 Å². The van der Waals surface area contributed by atoms with Crippen LogP contribution in [0.15, 0.2) is 17.3 Å². The van der Waals surface area contributed by atoms with Crippen molar-refractivity contribution in [3.63, 3.8) is 0 Å². The van der Waals surface area contributed by atoms with E-state index in [4.69, 9.17) is 5.53 Å². The minimum atomic E-state index is -0.560. The van der Waals surface area contributed by atoms with Crippen molar-refractivity contribution in [3.8, 4) is 0 Å². The van der Waals surface area contributed by atoms with E-state index >= 15 is 0 Å². The van der Waals surface area contributed by atoms with Gasteiger partial charge >= 0.3 is 0 Å². The van der Waals surface area contributed by atoms with Crippen molar-refractivity contribution in [2.75, 3.05) is 0 Å². The Morgan fingerprint density at radius 3 is 2.88 bits per heavy atom. The van der Waals surface area contributed by atoms with E-state index in [2.05, 4.69) is 10.0 Å². The number of carbonyl (C=O) groups excluding carboxylic acids is 1. The lowest BCUT2D eigenvalue weighted by Gasteiger charge is -1.70. The number of carbonyl (C=O) groups is 1. The maximum absolute atomic E-state index is 10.1. The van der Waals surface area contributed by atoms with Crippen LogP contribution in [0.3, 0.4) is 0 Å². The molecule has 0 heterocycles. The first-order valence-corrected chi connectivity index (χ1v) is 2.03. The molecule has 0 spiro atoms. The van der Waals surface area contributed by atoms with Crippen molar-refractivity contribution in [2.24, 2.45) is 5.11 Å². The molecule has 0 aliphatic heterocycles. The summed E-state index contributed by atoms with van der Waals surface area (Å²) in [5.41, 5.74) is 7.67. The van der Waals surface area contributed by atoms with Crippen molar-refractivity contribution in [2.45, 2.75) is 6.92 Å². The fourth-order valence-corrected chi connectivity index (χ4v) is 0.220. The number of hydrogen-bond donors (Lipinski definition) is 0. The third-order valence-electron chi connectivity index (χ3n) is 0.453. The molecule has 0 rings (SSSR count). The predicted molar refractivity (Wildman–Crippen MR) is 29.0 cm³/mol. The van der Waals surface area contributed by atoms with Gasteiger partial charge in [0.05, 0.1) is 0 Å². The van der Waals surface area contributed by atoms with Crippen molar-refractivity contribution in [3.05, 3.63) is 22.6 Å². The normalized spacial score (nSPS) is 8.62. The van der Waals surface area contributed by atoms with Crippen LogP contribution < -0.4 is 0 Å². The summed E-state index contributed by atoms with van der Waals surface area (Å²) in [6.45, 7) is 1.67. The summed E-state index contributed by atoms with van der Waals surface area (Å²) < 4.78 is 0. The summed E-state index contributed by atoms with van der Waals surface area (Å²) in [7, 11) is 0. The monoisotopic (exact) mass is 111 g/mol. The maximum atomic E-state index is 10.1. The van der Waals surface area contributed by atoms with Gasteiger partial charge < -0.3 is 0 Å². The highest BCUT2D eigenvalue weighted by Crippen LogP contribution is 1.77. The van der Waals surface area contributed by atoms with Gasteiger partial charge in [-0.1, -0.05) is 6.08 Å². The molecule has 0 radical (unpaired) electrons. The molecule has 4 heteroatoms. The maximum Gasteiger partial charge on any atom is 0.241 e. The largest absolute Gasteiger partial charge is 0.288 e. The Bertz CT molecular complexity index is 155. The molecule has 0 aromatic heterocycles. The van der Waals surface area contributed by atoms with E-state index < -0.39 is 5.91 Å². The lowest BCUT2D eigenvalue weighted by atomic mass is 10.5. The molecule has 0 aliphatic rings. The number of azide groups is 1. The van der Waals surface area contributed by atoms with E-state index in [0.717, 1.165) is 0 Å². The highest BCUT2D eigenvalue weighted by molar-refractivity contribution is 5.87. The number of hydrogen-bond acceptors (Lipinski definition) is 1. The first-order valence-electron chi connectivity index (χ1n) is 2.03. The lowest BCUT2D eigenvalue weighted by molar-refractivity contribution is -0.113. The summed E-state index contributed by atoms with van der Waals surface area (Å²) >= 11 is 0. The quantitative estimate of drug-likeness (QED) is 0.218. The smallest absolute Gasteiger partial charge is 0.241 e. The van der Waals surface area contributed by atoms with Crippen molar-refractivity contribution in [1.82, 2.24) is 0 Å². The highest BCUT2D eigenvalue weighted by Gasteiger charge is 1.82. The van der Waals surface area contributed by atoms with Crippen LogP contribution in [0.1, 0.15) is 6.92 Å². The van der Waals surface area contributed by atoms with Gasteiger partial charge in [0.1, 0.15) is 0 Å². The molecular formula is C4H5N3O. The van der Waals surface area contributed by atoms with Crippen LogP contribution in [-0.2, 0) is 4.79 Å². The average Bonchev–Trinajstić information content (AvgIpc) is 1.68. The number of rotatable bonds is 1. The minimum Gasteiger partial charge on any atom is -0.288 e. The lowest BCUT2D eigenvalue weighted by Crippen LogP contribution is -1.79. The predicted octanol–water partition coefficient (Wildman–Crippen LogP) is 1.40. The van der Waals surface area contributed by atoms with Crippen LogP contribution in [0, 0.1) is 0 Å². The van der Waals surface area contributed by atoms with Crippen LogP contribution in [0.5, 0.6) is 0 Å². The zero-order valence-corrected chi connectivity index (χ0v) is 4.40. The summed E-state index contributed by atoms with van der Waals surface area (Å²) in [6, 6.07) is 0. The molecule has 42 valence electrons. The second kappa shape index (κ2) is 3.89. The van der Waals surface area contributed by atoms with Crippen molar-refractivity contribution < 1.29 is 4.79 Å². The molecule has 4 nitrogen and oxygen atoms in total. The molecule has 0 saturated heterocycles. The average molecular weight is 111 g/mol. The van der Waals surface area contributed by atoms with Crippen molar-refractivity contribution >= 4 is 5.91 Å². The topological polar surface area (TPSA) is 65.8 Å². The van der Waals surface area contributed by atoms with E-state index in [0.29, 0.717) is 0 Å². The Morgan fingerprint density at radius 1 is 1.88 bits per heavy atom. The molecule has 0 fully saturated rings. The Kier molecular flexibility index (Phi) is 3.27. The molecule has 0 N–H and O–H groups in total. The molecule has 1 amide bonds. The molecule has 0 aromatic carbocycles. The number of allylic oxidation sites excluding steroid dienone is 1. The van der Waals surface area contributed by atoms with Crippen LogP contribution in [0.2, 0.25) is 0 Å². The zero-order valence-electron chi connectivity index (χ0n) is 4.40. The van der Waals surface area contributed by atoms with Crippen molar-refractivity contribution in [1.29, 1.82) is 0 Å². The van der Waals surface area contributed by atoms with Gasteiger partial charge in [-0.25, -0.2) is 0 Å². The van der Waals surface area contributed by atoms with E-state index in [-0.39, 0.29) is 0 Å². The molecule has 0 aromatic rings. The Morgan fingerprint density at radius 2 is 2.50 bits per heavy atom. The summed E-state index contributed by atoms with van der Waals surface area (Å²) in [5, 5.41) is 2.77. The third kappa shape index (κ3) is 2.93. The fraction of sp³-hybridized carbons (Fsp3) is 0.250. The SMILES string of the molecule is CC=CC(=O)N=[N+]=[N-]. The van der Waals surface area contributed by atoms with E-state index in [1.165, 1.54) is 12.2 Å². The van der Waals surface area contributed by atoms with Crippen LogP contribution in [-0.4, -0.2) is 5.91 Å². The van der Waals surface area contributed by atoms with Crippen LogP contribution in [0.25, 0.3) is 10.4 Å². The Hall–Kier alpha value is -1.28. The Labute approximate surface area is 46.4 Å². The molecule has 0 aliphatic carbocycles. The molecule has 0 unspecified atom stereocenters. The van der Waals surface area contributed by atoms with Gasteiger partial charge in [0, 0.05) is 4.91 Å². The summed E-state index contributed by atoms with van der Waals surface area (Å²) in [5.74, 6) is -0.560. The first-order chi connectivity index (χ1) is 3.81. The van der Waals surface area contributed by atoms with Gasteiger partial charge in [0.25, 0.3) is 0 Å². The number of nitrogens with zero attached hydrogens (tertiary/aromatic N) is 3. The van der Waals surface area contributed by atoms with E-state index in [1.54, 1.807) is 6.92 Å². The second-order valence-corrected chi connectivity index (χ2v) is 1.03. The molecule has 0 bridgehead atoms. The van der Waals surface area contributed by atoms with Crippen LogP contribution in [0.4, 0.5) is 0 Å². The van der Waals surface area contributed by atoms with Gasteiger partial charge in [0.15, 0.2) is 0 Å². The Balaban J connectivity index is 3.84. The molecule has 8 heavy (non-hydrogen) atoms. The van der Waals surface area contributed by atoms with Gasteiger partial charge in [0.2, 0.25) is 5.91 Å². The van der Waals surface area contributed by atoms with Crippen LogP contribution >= 0.6 is 0 Å². The second-order valence-electron chi connectivity index (χ2n) is 1.03. The summed E-state index contributed by atoms with van der Waals surface area (Å²) in [4.78, 5) is 12.4. The fourth-order valence-electron chi connectivity index (χ4n) is 0.220. The zero-order chi connectivity index (χ0) is 6.41. The van der Waals surface area contributed by atoms with Gasteiger partial charge in [-0.3, -0.25) is 4.79 Å². The van der Waals surface area contributed by atoms with Gasteiger partial charge in [-0.05, 0) is 23.6 Å². The van der Waals surface area contributed by atoms with Gasteiger partial charge in [-0.2, -0.15) is 0 Å². The van der Waals surface area contributed by atoms with Gasteiger partial charge in [-0.15, -0.1) is 0 Å². The first kappa shape index (κ1) is 6.72. The molecule has 0 saturated carbocycles. The standard InChI is InChI=1S/C4H5N3O/c1-2-3-4(8)6-7-5/h2-3H,1H3. The minimum absolute atomic E-state index is 0.560. The molecular weight excluding hydrogens is 106 g/mol.